The van der Waals surface area contributed by atoms with Crippen molar-refractivity contribution in [3.8, 4) is 0 Å². The van der Waals surface area contributed by atoms with Gasteiger partial charge in [0.05, 0.1) is 19.3 Å². The molecular formula is C11H24N2O2. The molecule has 0 aromatic carbocycles. The number of hydrogen-bond acceptors (Lipinski definition) is 4. The molecule has 1 atom stereocenters. The van der Waals surface area contributed by atoms with Gasteiger partial charge >= 0.3 is 0 Å². The largest absolute Gasteiger partial charge is 0.395 e. The Morgan fingerprint density at radius 1 is 1.53 bits per heavy atom. The van der Waals surface area contributed by atoms with Crippen molar-refractivity contribution in [2.45, 2.75) is 32.4 Å². The highest BCUT2D eigenvalue weighted by molar-refractivity contribution is 4.76. The highest BCUT2D eigenvalue weighted by Crippen LogP contribution is 2.03. The Kier molecular flexibility index (Phi) is 6.17. The maximum absolute atomic E-state index is 9.27. The zero-order valence-electron chi connectivity index (χ0n) is 9.91. The lowest BCUT2D eigenvalue weighted by atomic mass is 10.2. The first-order chi connectivity index (χ1) is 7.24. The zero-order valence-corrected chi connectivity index (χ0v) is 9.91. The van der Waals surface area contributed by atoms with Crippen molar-refractivity contribution in [2.75, 3.05) is 39.4 Å². The van der Waals surface area contributed by atoms with Crippen molar-refractivity contribution in [3.05, 3.63) is 0 Å². The van der Waals surface area contributed by atoms with Gasteiger partial charge in [-0.05, 0) is 33.4 Å². The van der Waals surface area contributed by atoms with Gasteiger partial charge in [0, 0.05) is 19.1 Å². The van der Waals surface area contributed by atoms with Gasteiger partial charge in [0.1, 0.15) is 0 Å². The molecule has 0 amide bonds. The van der Waals surface area contributed by atoms with Crippen molar-refractivity contribution in [1.29, 1.82) is 0 Å². The first-order valence-corrected chi connectivity index (χ1v) is 5.91. The van der Waals surface area contributed by atoms with E-state index >= 15 is 0 Å². The molecule has 0 aromatic rings. The summed E-state index contributed by atoms with van der Waals surface area (Å²) in [5.74, 6) is 0. The molecule has 0 aliphatic carbocycles. The van der Waals surface area contributed by atoms with Gasteiger partial charge in [-0.15, -0.1) is 0 Å². The van der Waals surface area contributed by atoms with Gasteiger partial charge in [0.25, 0.3) is 0 Å². The summed E-state index contributed by atoms with van der Waals surface area (Å²) in [5, 5.41) is 12.6. The second-order valence-electron chi connectivity index (χ2n) is 4.35. The van der Waals surface area contributed by atoms with Crippen LogP contribution >= 0.6 is 0 Å². The summed E-state index contributed by atoms with van der Waals surface area (Å²) in [6.45, 7) is 9.00. The average Bonchev–Trinajstić information content (AvgIpc) is 2.42. The topological polar surface area (TPSA) is 44.7 Å². The second kappa shape index (κ2) is 7.17. The summed E-state index contributed by atoms with van der Waals surface area (Å²) in [7, 11) is 0. The van der Waals surface area contributed by atoms with E-state index in [1.165, 1.54) is 0 Å². The van der Waals surface area contributed by atoms with E-state index in [0.29, 0.717) is 6.10 Å². The standard InChI is InChI=1S/C11H24N2O2/c1-10(2)15-7-6-13-5-3-4-12-8-11(13)9-14/h10-12,14H,3-9H2,1-2H3. The second-order valence-corrected chi connectivity index (χ2v) is 4.35. The van der Waals surface area contributed by atoms with Crippen LogP contribution < -0.4 is 5.32 Å². The van der Waals surface area contributed by atoms with E-state index in [0.717, 1.165) is 39.2 Å². The fraction of sp³-hybridized carbons (Fsp3) is 1.00. The fourth-order valence-corrected chi connectivity index (χ4v) is 1.87. The zero-order chi connectivity index (χ0) is 11.1. The normalized spacial score (nSPS) is 24.4. The molecular weight excluding hydrogens is 192 g/mol. The Hall–Kier alpha value is -0.160. The van der Waals surface area contributed by atoms with Gasteiger partial charge in [-0.3, -0.25) is 4.90 Å². The minimum atomic E-state index is 0.231. The van der Waals surface area contributed by atoms with Crippen LogP contribution in [0.2, 0.25) is 0 Å². The Bertz CT molecular complexity index is 165. The Labute approximate surface area is 92.6 Å². The molecule has 4 heteroatoms. The van der Waals surface area contributed by atoms with E-state index < -0.39 is 0 Å². The van der Waals surface area contributed by atoms with Gasteiger partial charge < -0.3 is 15.2 Å². The molecule has 15 heavy (non-hydrogen) atoms. The number of rotatable bonds is 5. The van der Waals surface area contributed by atoms with Crippen LogP contribution in [0.3, 0.4) is 0 Å². The van der Waals surface area contributed by atoms with Gasteiger partial charge in [0.15, 0.2) is 0 Å². The molecule has 4 nitrogen and oxygen atoms in total. The summed E-state index contributed by atoms with van der Waals surface area (Å²) in [4.78, 5) is 2.32. The minimum Gasteiger partial charge on any atom is -0.395 e. The fourth-order valence-electron chi connectivity index (χ4n) is 1.87. The molecule has 1 unspecified atom stereocenters. The van der Waals surface area contributed by atoms with E-state index in [1.807, 2.05) is 13.8 Å². The molecule has 1 heterocycles. The number of nitrogens with zero attached hydrogens (tertiary/aromatic N) is 1. The molecule has 0 radical (unpaired) electrons. The first-order valence-electron chi connectivity index (χ1n) is 5.91. The summed E-state index contributed by atoms with van der Waals surface area (Å²) in [6.07, 6.45) is 1.45. The molecule has 0 aromatic heterocycles. The predicted octanol–water partition coefficient (Wildman–Crippen LogP) is 0.0676. The first kappa shape index (κ1) is 12.9. The molecule has 1 aliphatic heterocycles. The monoisotopic (exact) mass is 216 g/mol. The van der Waals surface area contributed by atoms with Crippen molar-refractivity contribution < 1.29 is 9.84 Å². The lowest BCUT2D eigenvalue weighted by Gasteiger charge is -2.28. The van der Waals surface area contributed by atoms with Crippen molar-refractivity contribution in [3.63, 3.8) is 0 Å². The summed E-state index contributed by atoms with van der Waals surface area (Å²) in [6, 6.07) is 0.253. The third-order valence-electron chi connectivity index (χ3n) is 2.74. The Balaban J connectivity index is 2.28. The lowest BCUT2D eigenvalue weighted by Crippen LogP contribution is -2.44. The molecule has 1 rings (SSSR count). The highest BCUT2D eigenvalue weighted by atomic mass is 16.5. The molecule has 90 valence electrons. The van der Waals surface area contributed by atoms with E-state index in [1.54, 1.807) is 0 Å². The van der Waals surface area contributed by atoms with Gasteiger partial charge in [-0.2, -0.15) is 0 Å². The lowest BCUT2D eigenvalue weighted by molar-refractivity contribution is 0.0418. The van der Waals surface area contributed by atoms with E-state index in [4.69, 9.17) is 4.74 Å². The molecule has 2 N–H and O–H groups in total. The van der Waals surface area contributed by atoms with Crippen LogP contribution in [-0.4, -0.2) is 61.5 Å². The predicted molar refractivity (Wildman–Crippen MR) is 61.0 cm³/mol. The smallest absolute Gasteiger partial charge is 0.0599 e. The molecule has 0 spiro atoms. The number of nitrogens with one attached hydrogen (secondary N) is 1. The number of ether oxygens (including phenoxy) is 1. The molecule has 0 bridgehead atoms. The van der Waals surface area contributed by atoms with Crippen LogP contribution in [0.1, 0.15) is 20.3 Å². The average molecular weight is 216 g/mol. The number of aliphatic hydroxyl groups is 1. The minimum absolute atomic E-state index is 0.231. The summed E-state index contributed by atoms with van der Waals surface area (Å²) < 4.78 is 5.53. The quantitative estimate of drug-likeness (QED) is 0.682. The summed E-state index contributed by atoms with van der Waals surface area (Å²) in [5.41, 5.74) is 0. The van der Waals surface area contributed by atoms with E-state index in [9.17, 15) is 5.11 Å². The van der Waals surface area contributed by atoms with E-state index in [2.05, 4.69) is 10.2 Å². The van der Waals surface area contributed by atoms with Crippen LogP contribution in [0.25, 0.3) is 0 Å². The van der Waals surface area contributed by atoms with Gasteiger partial charge in [-0.1, -0.05) is 0 Å². The Morgan fingerprint density at radius 2 is 2.33 bits per heavy atom. The van der Waals surface area contributed by atoms with Gasteiger partial charge in [-0.25, -0.2) is 0 Å². The SMILES string of the molecule is CC(C)OCCN1CCCNCC1CO. The van der Waals surface area contributed by atoms with Gasteiger partial charge in [0.2, 0.25) is 0 Å². The maximum Gasteiger partial charge on any atom is 0.0599 e. The molecule has 1 fully saturated rings. The highest BCUT2D eigenvalue weighted by Gasteiger charge is 2.19. The Morgan fingerprint density at radius 3 is 3.00 bits per heavy atom. The summed E-state index contributed by atoms with van der Waals surface area (Å²) >= 11 is 0. The van der Waals surface area contributed by atoms with Crippen LogP contribution in [-0.2, 0) is 4.74 Å². The maximum atomic E-state index is 9.27. The van der Waals surface area contributed by atoms with Crippen molar-refractivity contribution >= 4 is 0 Å². The number of hydrogen-bond donors (Lipinski definition) is 2. The van der Waals surface area contributed by atoms with E-state index in [-0.39, 0.29) is 12.6 Å². The molecule has 1 saturated heterocycles. The number of aliphatic hydroxyl groups excluding tert-OH is 1. The molecule has 1 aliphatic rings. The third kappa shape index (κ3) is 4.93. The van der Waals surface area contributed by atoms with Crippen LogP contribution in [0.4, 0.5) is 0 Å². The van der Waals surface area contributed by atoms with Crippen LogP contribution in [0.15, 0.2) is 0 Å². The van der Waals surface area contributed by atoms with Crippen molar-refractivity contribution in [1.82, 2.24) is 10.2 Å². The van der Waals surface area contributed by atoms with Crippen LogP contribution in [0.5, 0.6) is 0 Å². The molecule has 0 saturated carbocycles. The van der Waals surface area contributed by atoms with Crippen molar-refractivity contribution in [2.24, 2.45) is 0 Å². The third-order valence-corrected chi connectivity index (χ3v) is 2.74. The van der Waals surface area contributed by atoms with Crippen LogP contribution in [0, 0.1) is 0 Å².